The van der Waals surface area contributed by atoms with Gasteiger partial charge in [-0.15, -0.1) is 0 Å². The summed E-state index contributed by atoms with van der Waals surface area (Å²) >= 11 is 0. The first-order valence-corrected chi connectivity index (χ1v) is 7.61. The van der Waals surface area contributed by atoms with Crippen molar-refractivity contribution in [3.8, 4) is 0 Å². The molecule has 5 unspecified atom stereocenters. The van der Waals surface area contributed by atoms with Crippen LogP contribution in [0.4, 0.5) is 0 Å². The van der Waals surface area contributed by atoms with Crippen LogP contribution in [0.25, 0.3) is 0 Å². The minimum absolute atomic E-state index is 0.271. The van der Waals surface area contributed by atoms with Gasteiger partial charge in [-0.3, -0.25) is 0 Å². The summed E-state index contributed by atoms with van der Waals surface area (Å²) in [6.07, 6.45) is 5.14. The third kappa shape index (κ3) is 3.30. The van der Waals surface area contributed by atoms with Crippen molar-refractivity contribution in [1.82, 2.24) is 0 Å². The molecule has 0 spiro atoms. The van der Waals surface area contributed by atoms with Crippen molar-refractivity contribution in [1.29, 1.82) is 0 Å². The van der Waals surface area contributed by atoms with Gasteiger partial charge in [-0.1, -0.05) is 19.8 Å². The second-order valence-corrected chi connectivity index (χ2v) is 6.69. The highest BCUT2D eigenvalue weighted by molar-refractivity contribution is 4.89. The molecule has 0 bridgehead atoms. The lowest BCUT2D eigenvalue weighted by Gasteiger charge is -2.41. The Morgan fingerprint density at radius 3 is 2.63 bits per heavy atom. The van der Waals surface area contributed by atoms with Crippen molar-refractivity contribution in [2.45, 2.75) is 64.8 Å². The van der Waals surface area contributed by atoms with Gasteiger partial charge in [0.25, 0.3) is 0 Å². The molecule has 4 heteroatoms. The molecule has 0 amide bonds. The van der Waals surface area contributed by atoms with Crippen LogP contribution in [0.2, 0.25) is 0 Å². The quantitative estimate of drug-likeness (QED) is 0.612. The van der Waals surface area contributed by atoms with Crippen LogP contribution in [-0.2, 0) is 9.62 Å². The minimum Gasteiger partial charge on any atom is -0.393 e. The monoisotopic (exact) mass is 272 g/mol. The number of aliphatic hydroxyl groups excluding tert-OH is 1. The van der Waals surface area contributed by atoms with E-state index in [2.05, 4.69) is 11.8 Å². The number of rotatable bonds is 3. The van der Waals surface area contributed by atoms with Crippen LogP contribution < -0.4 is 0 Å². The molecule has 112 valence electrons. The fourth-order valence-electron chi connectivity index (χ4n) is 3.89. The van der Waals surface area contributed by atoms with E-state index < -0.39 is 5.79 Å². The molecule has 0 aromatic rings. The molecule has 1 heterocycles. The van der Waals surface area contributed by atoms with Gasteiger partial charge in [0.05, 0.1) is 12.7 Å². The number of hydrogen-bond donors (Lipinski definition) is 2. The number of fused-ring (bicyclic) bond motifs is 1. The average Bonchev–Trinajstić information content (AvgIpc) is 2.58. The minimum atomic E-state index is -0.851. The van der Waals surface area contributed by atoms with E-state index in [1.165, 1.54) is 19.3 Å². The van der Waals surface area contributed by atoms with Gasteiger partial charge in [0.15, 0.2) is 5.79 Å². The Balaban J connectivity index is 2.09. The van der Waals surface area contributed by atoms with E-state index in [1.54, 1.807) is 6.92 Å². The van der Waals surface area contributed by atoms with E-state index in [-0.39, 0.29) is 6.10 Å². The summed E-state index contributed by atoms with van der Waals surface area (Å²) < 4.78 is 5.82. The van der Waals surface area contributed by atoms with E-state index in [0.717, 1.165) is 12.8 Å². The van der Waals surface area contributed by atoms with E-state index in [9.17, 15) is 5.11 Å². The van der Waals surface area contributed by atoms with Gasteiger partial charge in [-0.2, -0.15) is 0 Å². The number of aliphatic hydroxyl groups is 1. The maximum atomic E-state index is 9.88. The van der Waals surface area contributed by atoms with Crippen LogP contribution in [-0.4, -0.2) is 28.9 Å². The van der Waals surface area contributed by atoms with Crippen molar-refractivity contribution in [2.75, 3.05) is 6.61 Å². The molecule has 0 aromatic heterocycles. The van der Waals surface area contributed by atoms with Crippen LogP contribution in [0, 0.1) is 23.7 Å². The van der Waals surface area contributed by atoms with Crippen molar-refractivity contribution in [2.24, 2.45) is 23.7 Å². The van der Waals surface area contributed by atoms with E-state index in [0.29, 0.717) is 30.3 Å². The highest BCUT2D eigenvalue weighted by Gasteiger charge is 2.42. The van der Waals surface area contributed by atoms with E-state index in [4.69, 9.17) is 9.99 Å². The zero-order valence-corrected chi connectivity index (χ0v) is 12.3. The van der Waals surface area contributed by atoms with Crippen molar-refractivity contribution >= 4 is 0 Å². The van der Waals surface area contributed by atoms with Crippen molar-refractivity contribution < 1.29 is 20.0 Å². The zero-order chi connectivity index (χ0) is 14.0. The largest absolute Gasteiger partial charge is 0.393 e. The van der Waals surface area contributed by atoms with Gasteiger partial charge < -0.3 is 9.84 Å². The molecule has 19 heavy (non-hydrogen) atoms. The molecule has 0 radical (unpaired) electrons. The lowest BCUT2D eigenvalue weighted by atomic mass is 9.66. The average molecular weight is 272 g/mol. The Labute approximate surface area is 116 Å². The summed E-state index contributed by atoms with van der Waals surface area (Å²) in [6.45, 7) is 6.46. The maximum Gasteiger partial charge on any atom is 0.198 e. The highest BCUT2D eigenvalue weighted by atomic mass is 17.1. The second-order valence-electron chi connectivity index (χ2n) is 6.69. The smallest absolute Gasteiger partial charge is 0.198 e. The molecule has 2 N–H and O–H groups in total. The van der Waals surface area contributed by atoms with Crippen LogP contribution >= 0.6 is 0 Å². The number of hydrogen-bond acceptors (Lipinski definition) is 4. The molecule has 2 fully saturated rings. The highest BCUT2D eigenvalue weighted by Crippen LogP contribution is 2.45. The Morgan fingerprint density at radius 1 is 1.26 bits per heavy atom. The van der Waals surface area contributed by atoms with E-state index in [1.807, 2.05) is 6.92 Å². The molecule has 4 nitrogen and oxygen atoms in total. The summed E-state index contributed by atoms with van der Waals surface area (Å²) in [5, 5.41) is 18.9. The third-order valence-electron chi connectivity index (χ3n) is 5.45. The standard InChI is InChI=1S/C15H28O4/c1-10(11(2)16)13-6-4-5-12-7-8-15(3,19-17)18-9-14(12)13/h10-14,16-17H,4-9H2,1-3H3/t10-,11?,12?,13?,14?,15?/m0/s1. The lowest BCUT2D eigenvalue weighted by molar-refractivity contribution is -0.399. The normalized spacial score (nSPS) is 43.1. The Morgan fingerprint density at radius 2 is 2.00 bits per heavy atom. The van der Waals surface area contributed by atoms with Gasteiger partial charge >= 0.3 is 0 Å². The van der Waals surface area contributed by atoms with Crippen LogP contribution in [0.1, 0.15) is 52.9 Å². The van der Waals surface area contributed by atoms with E-state index >= 15 is 0 Å². The summed E-state index contributed by atoms with van der Waals surface area (Å²) in [7, 11) is 0. The molecule has 1 saturated heterocycles. The first kappa shape index (κ1) is 15.2. The second kappa shape index (κ2) is 6.08. The van der Waals surface area contributed by atoms with Crippen LogP contribution in [0.15, 0.2) is 0 Å². The molecule has 1 saturated carbocycles. The summed E-state index contributed by atoms with van der Waals surface area (Å²) in [4.78, 5) is 4.54. The number of ether oxygens (including phenoxy) is 1. The first-order chi connectivity index (χ1) is 8.97. The van der Waals surface area contributed by atoms with Gasteiger partial charge in [-0.05, 0) is 50.4 Å². The van der Waals surface area contributed by atoms with Crippen molar-refractivity contribution in [3.05, 3.63) is 0 Å². The molecule has 1 aliphatic carbocycles. The third-order valence-corrected chi connectivity index (χ3v) is 5.45. The maximum absolute atomic E-state index is 9.88. The SMILES string of the molecule is CC(O)[C@H](C)C1CCCC2CCC(C)(OO)OCC21. The molecule has 6 atom stereocenters. The first-order valence-electron chi connectivity index (χ1n) is 7.61. The Kier molecular flexibility index (Phi) is 4.88. The molecule has 2 rings (SSSR count). The summed E-state index contributed by atoms with van der Waals surface area (Å²) in [6, 6.07) is 0. The van der Waals surface area contributed by atoms with Gasteiger partial charge in [0, 0.05) is 6.42 Å². The zero-order valence-electron chi connectivity index (χ0n) is 12.3. The summed E-state index contributed by atoms with van der Waals surface area (Å²) in [5.41, 5.74) is 0. The Bertz CT molecular complexity index is 294. The molecular weight excluding hydrogens is 244 g/mol. The van der Waals surface area contributed by atoms with Gasteiger partial charge in [0.1, 0.15) is 0 Å². The van der Waals surface area contributed by atoms with Gasteiger partial charge in [-0.25, -0.2) is 10.1 Å². The molecule has 1 aliphatic heterocycles. The summed E-state index contributed by atoms with van der Waals surface area (Å²) in [5.74, 6) is 1.08. The topological polar surface area (TPSA) is 58.9 Å². The Hall–Kier alpha value is -0.160. The molecule has 0 aromatic carbocycles. The molecular formula is C15H28O4. The fourth-order valence-corrected chi connectivity index (χ4v) is 3.89. The predicted octanol–water partition coefficient (Wildman–Crippen LogP) is 3.05. The fraction of sp³-hybridized carbons (Fsp3) is 1.00. The molecule has 2 aliphatic rings. The predicted molar refractivity (Wildman–Crippen MR) is 72.5 cm³/mol. The lowest BCUT2D eigenvalue weighted by Crippen LogP contribution is -2.38. The van der Waals surface area contributed by atoms with Crippen LogP contribution in [0.5, 0.6) is 0 Å². The van der Waals surface area contributed by atoms with Crippen LogP contribution in [0.3, 0.4) is 0 Å². The van der Waals surface area contributed by atoms with Gasteiger partial charge in [0.2, 0.25) is 0 Å². The van der Waals surface area contributed by atoms with Crippen molar-refractivity contribution in [3.63, 3.8) is 0 Å².